The molecule has 0 aromatic heterocycles. The van der Waals surface area contributed by atoms with Gasteiger partial charge in [-0.05, 0) is 31.1 Å². The molecule has 0 aliphatic heterocycles. The van der Waals surface area contributed by atoms with Crippen molar-refractivity contribution in [3.63, 3.8) is 0 Å². The molecule has 18 heavy (non-hydrogen) atoms. The SMILES string of the molecule is Cc1cccc(C)c1S(=O)C(Cl)=CC(Cl)=C(Cl)Cl. The van der Waals surface area contributed by atoms with Crippen LogP contribution in [0.2, 0.25) is 0 Å². The first-order valence-electron chi connectivity index (χ1n) is 4.90. The summed E-state index contributed by atoms with van der Waals surface area (Å²) in [5.74, 6) is 0. The van der Waals surface area contributed by atoms with Gasteiger partial charge < -0.3 is 0 Å². The largest absolute Gasteiger partial charge is 0.248 e. The molecule has 1 aromatic carbocycles. The number of benzene rings is 1. The molecule has 0 aliphatic rings. The van der Waals surface area contributed by atoms with Gasteiger partial charge in [0.05, 0.1) is 20.7 Å². The van der Waals surface area contributed by atoms with E-state index < -0.39 is 10.8 Å². The molecule has 0 saturated heterocycles. The van der Waals surface area contributed by atoms with Crippen LogP contribution in [0.5, 0.6) is 0 Å². The van der Waals surface area contributed by atoms with Crippen LogP contribution in [0.3, 0.4) is 0 Å². The second-order valence-corrected chi connectivity index (χ2v) is 6.92. The standard InChI is InChI=1S/C12H10Cl4OS/c1-7-4-3-5-8(2)11(7)18(17)10(14)6-9(13)12(15)16/h3-6H,1-2H3. The summed E-state index contributed by atoms with van der Waals surface area (Å²) in [4.78, 5) is 0.675. The Labute approximate surface area is 129 Å². The van der Waals surface area contributed by atoms with Crippen LogP contribution in [0.1, 0.15) is 11.1 Å². The Morgan fingerprint density at radius 2 is 1.61 bits per heavy atom. The van der Waals surface area contributed by atoms with Crippen molar-refractivity contribution in [3.05, 3.63) is 49.3 Å². The summed E-state index contributed by atoms with van der Waals surface area (Å²) in [6.45, 7) is 3.74. The second kappa shape index (κ2) is 6.97. The zero-order valence-corrected chi connectivity index (χ0v) is 13.5. The molecule has 1 atom stereocenters. The highest BCUT2D eigenvalue weighted by Crippen LogP contribution is 2.28. The lowest BCUT2D eigenvalue weighted by Crippen LogP contribution is -1.98. The van der Waals surface area contributed by atoms with E-state index in [2.05, 4.69) is 0 Å². The lowest BCUT2D eigenvalue weighted by atomic mass is 10.2. The van der Waals surface area contributed by atoms with Crippen molar-refractivity contribution >= 4 is 57.2 Å². The van der Waals surface area contributed by atoms with Gasteiger partial charge in [0, 0.05) is 0 Å². The molecular weight excluding hydrogens is 334 g/mol. The molecule has 1 rings (SSSR count). The quantitative estimate of drug-likeness (QED) is 0.673. The minimum Gasteiger partial charge on any atom is -0.248 e. The van der Waals surface area contributed by atoms with Crippen molar-refractivity contribution in [2.45, 2.75) is 18.7 Å². The van der Waals surface area contributed by atoms with Gasteiger partial charge in [0.2, 0.25) is 0 Å². The van der Waals surface area contributed by atoms with Crippen molar-refractivity contribution in [3.8, 4) is 0 Å². The van der Waals surface area contributed by atoms with Crippen LogP contribution in [-0.4, -0.2) is 4.21 Å². The Morgan fingerprint density at radius 3 is 2.06 bits per heavy atom. The van der Waals surface area contributed by atoms with Crippen LogP contribution < -0.4 is 0 Å². The molecule has 0 bridgehead atoms. The maximum Gasteiger partial charge on any atom is 0.125 e. The van der Waals surface area contributed by atoms with Gasteiger partial charge in [-0.15, -0.1) is 0 Å². The maximum absolute atomic E-state index is 12.3. The monoisotopic (exact) mass is 342 g/mol. The minimum absolute atomic E-state index is 0.0583. The molecule has 1 aromatic rings. The van der Waals surface area contributed by atoms with E-state index in [0.717, 1.165) is 11.1 Å². The number of aryl methyl sites for hydroxylation is 2. The molecule has 0 radical (unpaired) electrons. The fourth-order valence-electron chi connectivity index (χ4n) is 1.40. The molecule has 0 aliphatic carbocycles. The van der Waals surface area contributed by atoms with E-state index in [0.29, 0.717) is 4.90 Å². The van der Waals surface area contributed by atoms with Crippen molar-refractivity contribution in [1.82, 2.24) is 0 Å². The Hall–Kier alpha value is 0.01000. The highest BCUT2D eigenvalue weighted by molar-refractivity contribution is 7.90. The average Bonchev–Trinajstić information content (AvgIpc) is 2.28. The van der Waals surface area contributed by atoms with E-state index in [1.54, 1.807) is 0 Å². The highest BCUT2D eigenvalue weighted by atomic mass is 35.5. The second-order valence-electron chi connectivity index (χ2n) is 3.55. The van der Waals surface area contributed by atoms with E-state index >= 15 is 0 Å². The topological polar surface area (TPSA) is 17.1 Å². The molecule has 1 nitrogen and oxygen atoms in total. The summed E-state index contributed by atoms with van der Waals surface area (Å²) in [6, 6.07) is 5.64. The summed E-state index contributed by atoms with van der Waals surface area (Å²) in [7, 11) is -1.50. The first-order valence-corrected chi connectivity index (χ1v) is 7.56. The van der Waals surface area contributed by atoms with Crippen molar-refractivity contribution in [1.29, 1.82) is 0 Å². The van der Waals surface area contributed by atoms with Gasteiger partial charge in [-0.2, -0.15) is 0 Å². The molecule has 6 heteroatoms. The van der Waals surface area contributed by atoms with Gasteiger partial charge >= 0.3 is 0 Å². The van der Waals surface area contributed by atoms with Gasteiger partial charge in [0.25, 0.3) is 0 Å². The average molecular weight is 344 g/mol. The molecule has 98 valence electrons. The van der Waals surface area contributed by atoms with E-state index in [1.807, 2.05) is 32.0 Å². The number of halogens is 4. The van der Waals surface area contributed by atoms with Crippen molar-refractivity contribution < 1.29 is 4.21 Å². The van der Waals surface area contributed by atoms with Gasteiger partial charge in [-0.25, -0.2) is 4.21 Å². The normalized spacial score (nSPS) is 13.3. The number of hydrogen-bond acceptors (Lipinski definition) is 1. The Bertz CT molecular complexity index is 525. The third-order valence-corrected chi connectivity index (χ3v) is 5.11. The van der Waals surface area contributed by atoms with Crippen LogP contribution in [0.4, 0.5) is 0 Å². The van der Waals surface area contributed by atoms with Crippen LogP contribution in [-0.2, 0) is 10.8 Å². The molecule has 0 heterocycles. The summed E-state index contributed by atoms with van der Waals surface area (Å²) in [6.07, 6.45) is 1.29. The highest BCUT2D eigenvalue weighted by Gasteiger charge is 2.14. The summed E-state index contributed by atoms with van der Waals surface area (Å²) >= 11 is 22.7. The Morgan fingerprint density at radius 1 is 1.11 bits per heavy atom. The zero-order chi connectivity index (χ0) is 13.9. The number of hydrogen-bond donors (Lipinski definition) is 0. The van der Waals surface area contributed by atoms with Gasteiger partial charge in [-0.3, -0.25) is 0 Å². The summed E-state index contributed by atoms with van der Waals surface area (Å²) in [5, 5.41) is 0.0583. The molecule has 0 fully saturated rings. The third-order valence-electron chi connectivity index (χ3n) is 2.19. The smallest absolute Gasteiger partial charge is 0.125 e. The molecular formula is C12H10Cl4OS. The maximum atomic E-state index is 12.3. The fourth-order valence-corrected chi connectivity index (χ4v) is 3.22. The zero-order valence-electron chi connectivity index (χ0n) is 9.64. The van der Waals surface area contributed by atoms with E-state index in [9.17, 15) is 4.21 Å². The van der Waals surface area contributed by atoms with Crippen LogP contribution in [0.15, 0.2) is 43.1 Å². The van der Waals surface area contributed by atoms with Crippen LogP contribution in [0.25, 0.3) is 0 Å². The van der Waals surface area contributed by atoms with E-state index in [4.69, 9.17) is 46.4 Å². The van der Waals surface area contributed by atoms with E-state index in [-0.39, 0.29) is 13.9 Å². The van der Waals surface area contributed by atoms with Gasteiger partial charge in [0.15, 0.2) is 0 Å². The van der Waals surface area contributed by atoms with Crippen LogP contribution in [0, 0.1) is 13.8 Å². The van der Waals surface area contributed by atoms with Crippen LogP contribution >= 0.6 is 46.4 Å². The predicted octanol–water partition coefficient (Wildman–Crippen LogP) is 5.38. The number of allylic oxidation sites excluding steroid dienone is 2. The molecule has 1 unspecified atom stereocenters. The van der Waals surface area contributed by atoms with E-state index in [1.165, 1.54) is 6.08 Å². The van der Waals surface area contributed by atoms with Crippen molar-refractivity contribution in [2.24, 2.45) is 0 Å². The lowest BCUT2D eigenvalue weighted by Gasteiger charge is -2.08. The number of rotatable bonds is 3. The molecule has 0 N–H and O–H groups in total. The Balaban J connectivity index is 3.20. The fraction of sp³-hybridized carbons (Fsp3) is 0.167. The third kappa shape index (κ3) is 4.01. The first kappa shape index (κ1) is 16.1. The van der Waals surface area contributed by atoms with Gasteiger partial charge in [-0.1, -0.05) is 64.6 Å². The Kier molecular flexibility index (Phi) is 6.22. The predicted molar refractivity (Wildman–Crippen MR) is 80.8 cm³/mol. The molecule has 0 spiro atoms. The molecule has 0 saturated carbocycles. The minimum atomic E-state index is -1.50. The summed E-state index contributed by atoms with van der Waals surface area (Å²) < 4.78 is 12.3. The molecule has 0 amide bonds. The summed E-state index contributed by atoms with van der Waals surface area (Å²) in [5.41, 5.74) is 1.80. The van der Waals surface area contributed by atoms with Crippen molar-refractivity contribution in [2.75, 3.05) is 0 Å². The first-order chi connectivity index (χ1) is 8.34. The van der Waals surface area contributed by atoms with Gasteiger partial charge in [0.1, 0.15) is 8.86 Å². The lowest BCUT2D eigenvalue weighted by molar-refractivity contribution is 0.687.